The summed E-state index contributed by atoms with van der Waals surface area (Å²) in [4.78, 5) is 0. The molecule has 0 N–H and O–H groups in total. The van der Waals surface area contributed by atoms with Crippen LogP contribution in [0.2, 0.25) is 0 Å². The lowest BCUT2D eigenvalue weighted by molar-refractivity contribution is 1.71. The van der Waals surface area contributed by atoms with Gasteiger partial charge in [0, 0.05) is 0 Å². The topological polar surface area (TPSA) is 0 Å². The van der Waals surface area contributed by atoms with Crippen LogP contribution >= 0.6 is 36.3 Å². The van der Waals surface area contributed by atoms with E-state index in [0.717, 1.165) is 5.56 Å². The largest absolute Gasteiger partial charge is 0.0985 e. The molecule has 0 aliphatic carbocycles. The highest BCUT2D eigenvalue weighted by atomic mass is 79.9. The molecule has 0 aromatic heterocycles. The molecule has 0 spiro atoms. The van der Waals surface area contributed by atoms with Crippen LogP contribution in [0.5, 0.6) is 0 Å². The lowest BCUT2D eigenvalue weighted by Crippen LogP contribution is -1.91. The van der Waals surface area contributed by atoms with Crippen LogP contribution in [0.4, 0.5) is 0 Å². The average Bonchev–Trinajstić information content (AvgIpc) is 2.05. The van der Waals surface area contributed by atoms with Crippen LogP contribution in [0, 0.1) is 0 Å². The van der Waals surface area contributed by atoms with Gasteiger partial charge in [0.15, 0.2) is 0 Å². The molecule has 0 radical (unpaired) electrons. The fraction of sp³-hybridized carbons (Fsp3) is 0. The van der Waals surface area contributed by atoms with Crippen molar-refractivity contribution < 1.29 is 0 Å². The zero-order valence-electron chi connectivity index (χ0n) is 5.80. The Morgan fingerprint density at radius 3 is 2.09 bits per heavy atom. The summed E-state index contributed by atoms with van der Waals surface area (Å²) in [5.41, 5.74) is 1.16. The van der Waals surface area contributed by atoms with Crippen molar-refractivity contribution in [2.75, 3.05) is 0 Å². The van der Waals surface area contributed by atoms with Gasteiger partial charge in [-0.2, -0.15) is 0 Å². The van der Waals surface area contributed by atoms with Crippen LogP contribution in [-0.4, -0.2) is 0 Å². The Balaban J connectivity index is 2.91. The average molecular weight is 294 g/mol. The predicted molar refractivity (Wildman–Crippen MR) is 60.9 cm³/mol. The summed E-state index contributed by atoms with van der Waals surface area (Å²) in [5, 5.41) is 0.961. The molecular weight excluding hydrogens is 287 g/mol. The van der Waals surface area contributed by atoms with E-state index < -0.39 is 0 Å². The molecule has 0 unspecified atom stereocenters. The minimum Gasteiger partial charge on any atom is -0.0985 e. The summed E-state index contributed by atoms with van der Waals surface area (Å²) in [6.07, 6.45) is 1.84. The van der Waals surface area contributed by atoms with Crippen molar-refractivity contribution in [2.45, 2.75) is 0 Å². The molecule has 0 aliphatic heterocycles. The quantitative estimate of drug-likeness (QED) is 0.722. The van der Waals surface area contributed by atoms with Crippen LogP contribution in [0.25, 0.3) is 6.08 Å². The first kappa shape index (κ1) is 9.44. The Bertz CT molecular complexity index is 241. The van der Waals surface area contributed by atoms with E-state index in [4.69, 9.17) is 0 Å². The molecule has 0 saturated carbocycles. The highest BCUT2D eigenvalue weighted by molar-refractivity contribution is 9.70. The number of halogens is 2. The van der Waals surface area contributed by atoms with Crippen molar-refractivity contribution in [3.8, 4) is 0 Å². The van der Waals surface area contributed by atoms with E-state index in [9.17, 15) is 0 Å². The lowest BCUT2D eigenvalue weighted by Gasteiger charge is -2.00. The van der Waals surface area contributed by atoms with E-state index in [2.05, 4.69) is 61.8 Å². The van der Waals surface area contributed by atoms with Gasteiger partial charge in [0.2, 0.25) is 0 Å². The second-order valence-electron chi connectivity index (χ2n) is 2.03. The molecule has 1 aromatic carbocycles. The minimum absolute atomic E-state index is 0.322. The summed E-state index contributed by atoms with van der Waals surface area (Å²) >= 11 is 6.97. The summed E-state index contributed by atoms with van der Waals surface area (Å²) in [6, 6.07) is 8.29. The van der Waals surface area contributed by atoms with Crippen molar-refractivity contribution in [1.82, 2.24) is 0 Å². The second-order valence-corrected chi connectivity index (χ2v) is 10.1. The highest BCUT2D eigenvalue weighted by Gasteiger charge is 1.99. The molecule has 58 valence electrons. The molecule has 0 heterocycles. The molecule has 0 amide bonds. The van der Waals surface area contributed by atoms with Gasteiger partial charge < -0.3 is 0 Å². The number of hydrogen-bond acceptors (Lipinski definition) is 0. The second kappa shape index (κ2) is 4.39. The molecular formula is C8H7Br2P. The van der Waals surface area contributed by atoms with Gasteiger partial charge in [-0.15, -0.1) is 0 Å². The number of hydrogen-bond donors (Lipinski definition) is 0. The Kier molecular flexibility index (Phi) is 3.77. The van der Waals surface area contributed by atoms with E-state index in [1.54, 1.807) is 0 Å². The lowest BCUT2D eigenvalue weighted by atomic mass is 10.2. The maximum Gasteiger partial charge on any atom is 0.0654 e. The van der Waals surface area contributed by atoms with Crippen LogP contribution in [0.15, 0.2) is 30.8 Å². The Morgan fingerprint density at radius 1 is 1.18 bits per heavy atom. The van der Waals surface area contributed by atoms with Crippen LogP contribution < -0.4 is 5.30 Å². The van der Waals surface area contributed by atoms with Crippen LogP contribution in [0.3, 0.4) is 0 Å². The van der Waals surface area contributed by atoms with Gasteiger partial charge in [-0.05, 0) is 41.8 Å². The van der Waals surface area contributed by atoms with Crippen LogP contribution in [0.1, 0.15) is 5.56 Å². The van der Waals surface area contributed by atoms with Gasteiger partial charge in [0.05, 0.1) is 5.33 Å². The molecule has 0 aliphatic rings. The summed E-state index contributed by atoms with van der Waals surface area (Å²) in [5.74, 6) is 0. The summed E-state index contributed by atoms with van der Waals surface area (Å²) in [7, 11) is 0. The van der Waals surface area contributed by atoms with Crippen molar-refractivity contribution in [3.63, 3.8) is 0 Å². The standard InChI is InChI=1S/C8H7Br2P/c1-2-7-3-5-8(6-4-7)11(9)10/h2-6H,1H2. The predicted octanol–water partition coefficient (Wildman–Crippen LogP) is 4.06. The van der Waals surface area contributed by atoms with E-state index >= 15 is 0 Å². The molecule has 0 nitrogen and oxygen atoms in total. The van der Waals surface area contributed by atoms with Crippen LogP contribution in [-0.2, 0) is 0 Å². The minimum atomic E-state index is -0.322. The van der Waals surface area contributed by atoms with Gasteiger partial charge >= 0.3 is 0 Å². The SMILES string of the molecule is C=Cc1ccc(P(Br)Br)cc1. The molecule has 0 saturated heterocycles. The monoisotopic (exact) mass is 292 g/mol. The molecule has 0 atom stereocenters. The van der Waals surface area contributed by atoms with Gasteiger partial charge in [-0.1, -0.05) is 36.9 Å². The van der Waals surface area contributed by atoms with Crippen molar-refractivity contribution in [3.05, 3.63) is 36.4 Å². The molecule has 0 fully saturated rings. The maximum atomic E-state index is 3.69. The van der Waals surface area contributed by atoms with Gasteiger partial charge in [0.25, 0.3) is 0 Å². The van der Waals surface area contributed by atoms with Crippen molar-refractivity contribution in [1.29, 1.82) is 0 Å². The number of rotatable bonds is 2. The first-order valence-corrected chi connectivity index (χ1v) is 8.46. The van der Waals surface area contributed by atoms with E-state index in [0.29, 0.717) is 0 Å². The smallest absolute Gasteiger partial charge is 0.0654 e. The molecule has 1 rings (SSSR count). The van der Waals surface area contributed by atoms with Gasteiger partial charge in [-0.3, -0.25) is 0 Å². The highest BCUT2D eigenvalue weighted by Crippen LogP contribution is 2.50. The summed E-state index contributed by atoms with van der Waals surface area (Å²) < 4.78 is 0. The molecule has 0 bridgehead atoms. The Morgan fingerprint density at radius 2 is 1.73 bits per heavy atom. The van der Waals surface area contributed by atoms with E-state index in [1.807, 2.05) is 6.08 Å². The Hall–Kier alpha value is 0.350. The molecule has 3 heteroatoms. The first-order valence-electron chi connectivity index (χ1n) is 3.08. The zero-order valence-corrected chi connectivity index (χ0v) is 9.86. The molecule has 11 heavy (non-hydrogen) atoms. The van der Waals surface area contributed by atoms with Crippen molar-refractivity contribution in [2.24, 2.45) is 0 Å². The van der Waals surface area contributed by atoms with E-state index in [-0.39, 0.29) is 5.33 Å². The Labute approximate surface area is 83.9 Å². The first-order chi connectivity index (χ1) is 5.24. The molecule has 1 aromatic rings. The maximum absolute atomic E-state index is 3.69. The third kappa shape index (κ3) is 2.70. The third-order valence-electron chi connectivity index (χ3n) is 1.32. The third-order valence-corrected chi connectivity index (χ3v) is 4.47. The number of benzene rings is 1. The fourth-order valence-electron chi connectivity index (χ4n) is 0.723. The fourth-order valence-corrected chi connectivity index (χ4v) is 2.52. The van der Waals surface area contributed by atoms with Gasteiger partial charge in [0.1, 0.15) is 0 Å². The summed E-state index contributed by atoms with van der Waals surface area (Å²) in [6.45, 7) is 3.69. The van der Waals surface area contributed by atoms with E-state index in [1.165, 1.54) is 5.30 Å². The van der Waals surface area contributed by atoms with Crippen molar-refractivity contribution >= 4 is 47.7 Å². The van der Waals surface area contributed by atoms with Gasteiger partial charge in [-0.25, -0.2) is 0 Å². The normalized spacial score (nSPS) is 10.1. The zero-order chi connectivity index (χ0) is 8.27.